The number of amides is 1. The van der Waals surface area contributed by atoms with Crippen LogP contribution in [-0.4, -0.2) is 18.8 Å². The van der Waals surface area contributed by atoms with Gasteiger partial charge in [0.15, 0.2) is 0 Å². The topological polar surface area (TPSA) is 38.3 Å². The van der Waals surface area contributed by atoms with Crippen molar-refractivity contribution >= 4 is 17.7 Å². The normalized spacial score (nSPS) is 11.8. The lowest BCUT2D eigenvalue weighted by atomic mass is 10.00. The van der Waals surface area contributed by atoms with Crippen molar-refractivity contribution in [2.24, 2.45) is 0 Å². The highest BCUT2D eigenvalue weighted by Crippen LogP contribution is 2.22. The van der Waals surface area contributed by atoms with Crippen molar-refractivity contribution in [2.75, 3.05) is 12.9 Å². The zero-order valence-electron chi connectivity index (χ0n) is 14.1. The maximum atomic E-state index is 12.2. The Hall–Kier alpha value is -1.94. The number of thioether (sulfide) groups is 1. The summed E-state index contributed by atoms with van der Waals surface area (Å²) in [4.78, 5) is 13.2. The summed E-state index contributed by atoms with van der Waals surface area (Å²) in [5, 5.41) is 3.07. The van der Waals surface area contributed by atoms with Crippen molar-refractivity contribution in [3.8, 4) is 5.75 Å². The molecule has 0 aliphatic rings. The third-order valence-corrected chi connectivity index (χ3v) is 4.72. The molecule has 0 unspecified atom stereocenters. The molecule has 1 N–H and O–H groups in total. The molecule has 0 bridgehead atoms. The maximum Gasteiger partial charge on any atom is 0.230 e. The molecule has 2 aromatic carbocycles. The van der Waals surface area contributed by atoms with E-state index in [1.165, 1.54) is 28.5 Å². The van der Waals surface area contributed by atoms with E-state index in [4.69, 9.17) is 4.74 Å². The molecule has 0 saturated carbocycles. The third-order valence-electron chi connectivity index (χ3n) is 3.71. The van der Waals surface area contributed by atoms with Crippen molar-refractivity contribution in [2.45, 2.75) is 31.7 Å². The average Bonchev–Trinajstić information content (AvgIpc) is 2.55. The van der Waals surface area contributed by atoms with Gasteiger partial charge in [0.05, 0.1) is 18.9 Å². The van der Waals surface area contributed by atoms with Crippen LogP contribution in [0.3, 0.4) is 0 Å². The van der Waals surface area contributed by atoms with Crippen LogP contribution in [0.4, 0.5) is 0 Å². The van der Waals surface area contributed by atoms with Crippen LogP contribution in [0.2, 0.25) is 0 Å². The van der Waals surface area contributed by atoms with E-state index >= 15 is 0 Å². The Morgan fingerprint density at radius 2 is 1.87 bits per heavy atom. The summed E-state index contributed by atoms with van der Waals surface area (Å²) < 4.78 is 5.13. The Morgan fingerprint density at radius 3 is 2.52 bits per heavy atom. The lowest BCUT2D eigenvalue weighted by Crippen LogP contribution is -2.28. The fourth-order valence-corrected chi connectivity index (χ4v) is 3.12. The molecule has 0 radical (unpaired) electrons. The first-order chi connectivity index (χ1) is 11.0. The highest BCUT2D eigenvalue weighted by Gasteiger charge is 2.12. The van der Waals surface area contributed by atoms with E-state index in [1.54, 1.807) is 7.11 Å². The summed E-state index contributed by atoms with van der Waals surface area (Å²) in [7, 11) is 1.64. The lowest BCUT2D eigenvalue weighted by molar-refractivity contribution is -0.119. The number of aryl methyl sites for hydroxylation is 2. The molecule has 0 heterocycles. The summed E-state index contributed by atoms with van der Waals surface area (Å²) in [6.45, 7) is 6.16. The molecule has 4 heteroatoms. The summed E-state index contributed by atoms with van der Waals surface area (Å²) in [5.41, 5.74) is 3.58. The fourth-order valence-electron chi connectivity index (χ4n) is 2.41. The number of hydrogen-bond acceptors (Lipinski definition) is 3. The predicted molar refractivity (Wildman–Crippen MR) is 96.2 cm³/mol. The molecule has 122 valence electrons. The smallest absolute Gasteiger partial charge is 0.230 e. The van der Waals surface area contributed by atoms with Crippen LogP contribution in [0.5, 0.6) is 5.75 Å². The van der Waals surface area contributed by atoms with Gasteiger partial charge in [0.25, 0.3) is 0 Å². The van der Waals surface area contributed by atoms with Crippen LogP contribution in [0, 0.1) is 13.8 Å². The molecule has 1 atom stereocenters. The first-order valence-electron chi connectivity index (χ1n) is 7.63. The van der Waals surface area contributed by atoms with E-state index in [2.05, 4.69) is 37.4 Å². The molecular formula is C19H23NO2S. The Labute approximate surface area is 142 Å². The van der Waals surface area contributed by atoms with Crippen molar-refractivity contribution in [1.29, 1.82) is 0 Å². The standard InChI is InChI=1S/C19H23NO2S/c1-13-5-6-14(2)18(11-13)15(3)20-19(21)12-23-17-9-7-16(22-4)8-10-17/h5-11,15H,12H2,1-4H3,(H,20,21)/t15-/m0/s1. The number of carbonyl (C=O) groups excluding carboxylic acids is 1. The van der Waals surface area contributed by atoms with E-state index in [-0.39, 0.29) is 11.9 Å². The highest BCUT2D eigenvalue weighted by molar-refractivity contribution is 8.00. The number of methoxy groups -OCH3 is 1. The first-order valence-corrected chi connectivity index (χ1v) is 8.61. The van der Waals surface area contributed by atoms with Crippen LogP contribution in [0.1, 0.15) is 29.7 Å². The van der Waals surface area contributed by atoms with E-state index in [1.807, 2.05) is 31.2 Å². The molecule has 0 aliphatic carbocycles. The van der Waals surface area contributed by atoms with E-state index in [0.29, 0.717) is 5.75 Å². The summed E-state index contributed by atoms with van der Waals surface area (Å²) in [6, 6.07) is 14.1. The third kappa shape index (κ3) is 5.03. The molecule has 0 aliphatic heterocycles. The molecule has 2 rings (SSSR count). The van der Waals surface area contributed by atoms with Gasteiger partial charge in [-0.05, 0) is 56.2 Å². The first kappa shape index (κ1) is 17.4. The van der Waals surface area contributed by atoms with Gasteiger partial charge in [0.2, 0.25) is 5.91 Å². The van der Waals surface area contributed by atoms with Gasteiger partial charge in [-0.3, -0.25) is 4.79 Å². The Kier molecular flexibility index (Phi) is 6.11. The lowest BCUT2D eigenvalue weighted by Gasteiger charge is -2.17. The molecule has 0 spiro atoms. The molecule has 0 aromatic heterocycles. The monoisotopic (exact) mass is 329 g/mol. The predicted octanol–water partition coefficient (Wildman–Crippen LogP) is 4.28. The number of benzene rings is 2. The van der Waals surface area contributed by atoms with Crippen molar-refractivity contribution in [1.82, 2.24) is 5.32 Å². The van der Waals surface area contributed by atoms with Gasteiger partial charge < -0.3 is 10.1 Å². The summed E-state index contributed by atoms with van der Waals surface area (Å²) >= 11 is 1.52. The Balaban J connectivity index is 1.89. The van der Waals surface area contributed by atoms with Gasteiger partial charge in [0, 0.05) is 4.90 Å². The molecule has 0 saturated heterocycles. The van der Waals surface area contributed by atoms with Crippen molar-refractivity contribution < 1.29 is 9.53 Å². The molecule has 23 heavy (non-hydrogen) atoms. The number of ether oxygens (including phenoxy) is 1. The van der Waals surface area contributed by atoms with Crippen molar-refractivity contribution in [3.63, 3.8) is 0 Å². The Morgan fingerprint density at radius 1 is 1.17 bits per heavy atom. The zero-order valence-corrected chi connectivity index (χ0v) is 14.9. The van der Waals surface area contributed by atoms with E-state index in [9.17, 15) is 4.79 Å². The summed E-state index contributed by atoms with van der Waals surface area (Å²) in [6.07, 6.45) is 0. The van der Waals surface area contributed by atoms with Gasteiger partial charge in [-0.2, -0.15) is 0 Å². The number of hydrogen-bond donors (Lipinski definition) is 1. The molecule has 0 fully saturated rings. The second-order valence-electron chi connectivity index (χ2n) is 5.61. The van der Waals surface area contributed by atoms with Crippen LogP contribution in [-0.2, 0) is 4.79 Å². The SMILES string of the molecule is COc1ccc(SCC(=O)N[C@@H](C)c2cc(C)ccc2C)cc1. The second kappa shape index (κ2) is 8.06. The average molecular weight is 329 g/mol. The highest BCUT2D eigenvalue weighted by atomic mass is 32.2. The minimum absolute atomic E-state index is 0.0128. The largest absolute Gasteiger partial charge is 0.497 e. The fraction of sp³-hybridized carbons (Fsp3) is 0.316. The number of nitrogens with one attached hydrogen (secondary N) is 1. The van der Waals surface area contributed by atoms with Crippen LogP contribution < -0.4 is 10.1 Å². The summed E-state index contributed by atoms with van der Waals surface area (Å²) in [5.74, 6) is 1.27. The Bertz CT molecular complexity index is 668. The number of carbonyl (C=O) groups is 1. The molecular weight excluding hydrogens is 306 g/mol. The van der Waals surface area contributed by atoms with E-state index < -0.39 is 0 Å². The van der Waals surface area contributed by atoms with Gasteiger partial charge in [-0.25, -0.2) is 0 Å². The minimum Gasteiger partial charge on any atom is -0.497 e. The number of rotatable bonds is 6. The quantitative estimate of drug-likeness (QED) is 0.804. The molecule has 2 aromatic rings. The maximum absolute atomic E-state index is 12.2. The second-order valence-corrected chi connectivity index (χ2v) is 6.66. The van der Waals surface area contributed by atoms with Crippen LogP contribution in [0.25, 0.3) is 0 Å². The van der Waals surface area contributed by atoms with Gasteiger partial charge in [-0.15, -0.1) is 11.8 Å². The van der Waals surface area contributed by atoms with Crippen LogP contribution >= 0.6 is 11.8 Å². The molecule has 1 amide bonds. The van der Waals surface area contributed by atoms with Gasteiger partial charge >= 0.3 is 0 Å². The molecule has 3 nitrogen and oxygen atoms in total. The zero-order chi connectivity index (χ0) is 16.8. The van der Waals surface area contributed by atoms with E-state index in [0.717, 1.165) is 10.6 Å². The minimum atomic E-state index is 0.0128. The van der Waals surface area contributed by atoms with Gasteiger partial charge in [0.1, 0.15) is 5.75 Å². The van der Waals surface area contributed by atoms with Gasteiger partial charge in [-0.1, -0.05) is 23.8 Å². The van der Waals surface area contributed by atoms with Crippen molar-refractivity contribution in [3.05, 3.63) is 59.2 Å². The van der Waals surface area contributed by atoms with Crippen LogP contribution in [0.15, 0.2) is 47.4 Å².